The molecule has 0 atom stereocenters. The number of hydroxylamine groups is 1. The average Bonchev–Trinajstić information content (AvgIpc) is 2.86. The lowest BCUT2D eigenvalue weighted by Gasteiger charge is -2.42. The van der Waals surface area contributed by atoms with Gasteiger partial charge in [-0.25, -0.2) is 4.79 Å². The summed E-state index contributed by atoms with van der Waals surface area (Å²) in [5, 5.41) is 0.178. The molecule has 0 heterocycles. The third-order valence-corrected chi connectivity index (χ3v) is 5.71. The molecule has 0 spiro atoms. The topological polar surface area (TPSA) is 55.8 Å². The van der Waals surface area contributed by atoms with Crippen LogP contribution in [0, 0.1) is 0 Å². The Morgan fingerprint density at radius 1 is 0.630 bits per heavy atom. The predicted molar refractivity (Wildman–Crippen MR) is 121 cm³/mol. The van der Waals surface area contributed by atoms with Gasteiger partial charge in [-0.2, -0.15) is 79.7 Å². The average molecular weight is 711 g/mol. The Morgan fingerprint density at radius 2 is 1.02 bits per heavy atom. The summed E-state index contributed by atoms with van der Waals surface area (Å²) in [6, 6.07) is 4.26. The highest BCUT2D eigenvalue weighted by atomic mass is 19.4. The van der Waals surface area contributed by atoms with Crippen molar-refractivity contribution >= 4 is 17.6 Å². The van der Waals surface area contributed by atoms with E-state index in [9.17, 15) is 84.2 Å². The summed E-state index contributed by atoms with van der Waals surface area (Å²) in [7, 11) is 0. The largest absolute Gasteiger partial charge is 0.460 e. The van der Waals surface area contributed by atoms with Crippen LogP contribution in [-0.4, -0.2) is 71.7 Å². The van der Waals surface area contributed by atoms with Gasteiger partial charge in [0.25, 0.3) is 0 Å². The standard InChI is InChI=1S/C24H22F17NO4/c1-12(43)13-6-8-14(9-7-13)42(15(44)46-16(2,3)4)45-11-5-10-17(25,26)18(27,28)19(29,30)20(31,32)21(33,34)22(35,36)23(37,38)24(39,40)41/h6-9H,5,10-11H2,1-4H3. The summed E-state index contributed by atoms with van der Waals surface area (Å²) in [6.07, 6.45) is -13.6. The predicted octanol–water partition coefficient (Wildman–Crippen LogP) is 9.35. The molecule has 0 bridgehead atoms. The Hall–Kier alpha value is -3.07. The molecule has 5 nitrogen and oxygen atoms in total. The van der Waals surface area contributed by atoms with Crippen molar-refractivity contribution < 1.29 is 93.8 Å². The minimum absolute atomic E-state index is 0.0676. The maximum absolute atomic E-state index is 14.2. The number of ketones is 1. The molecule has 266 valence electrons. The Bertz CT molecular complexity index is 1240. The lowest BCUT2D eigenvalue weighted by molar-refractivity contribution is -0.461. The van der Waals surface area contributed by atoms with Crippen LogP contribution in [0.5, 0.6) is 0 Å². The second-order valence-corrected chi connectivity index (χ2v) is 10.5. The molecule has 0 fully saturated rings. The Kier molecular flexibility index (Phi) is 11.1. The summed E-state index contributed by atoms with van der Waals surface area (Å²) in [6.45, 7) is 3.73. The summed E-state index contributed by atoms with van der Waals surface area (Å²) in [4.78, 5) is 28.7. The zero-order chi connectivity index (χ0) is 36.8. The molecule has 0 saturated heterocycles. The van der Waals surface area contributed by atoms with Crippen LogP contribution >= 0.6 is 0 Å². The van der Waals surface area contributed by atoms with Gasteiger partial charge in [-0.1, -0.05) is 0 Å². The van der Waals surface area contributed by atoms with Gasteiger partial charge in [-0.05, 0) is 58.4 Å². The second kappa shape index (κ2) is 12.5. The van der Waals surface area contributed by atoms with Gasteiger partial charge in [0.1, 0.15) is 5.60 Å². The van der Waals surface area contributed by atoms with E-state index >= 15 is 0 Å². The van der Waals surface area contributed by atoms with E-state index in [1.807, 2.05) is 0 Å². The first-order valence-electron chi connectivity index (χ1n) is 12.1. The van der Waals surface area contributed by atoms with Crippen molar-refractivity contribution in [3.63, 3.8) is 0 Å². The number of rotatable bonds is 13. The van der Waals surface area contributed by atoms with Gasteiger partial charge in [-0.3, -0.25) is 9.63 Å². The smallest absolute Gasteiger partial charge is 0.442 e. The van der Waals surface area contributed by atoms with Crippen molar-refractivity contribution in [2.24, 2.45) is 0 Å². The van der Waals surface area contributed by atoms with E-state index in [4.69, 9.17) is 9.57 Å². The lowest BCUT2D eigenvalue weighted by Crippen LogP contribution is -2.74. The van der Waals surface area contributed by atoms with Crippen LogP contribution in [0.4, 0.5) is 85.1 Å². The summed E-state index contributed by atoms with van der Waals surface area (Å²) in [5.74, 6) is -57.5. The number of nitrogens with zero attached hydrogens (tertiary/aromatic N) is 1. The third-order valence-electron chi connectivity index (χ3n) is 5.71. The van der Waals surface area contributed by atoms with Gasteiger partial charge >= 0.3 is 53.7 Å². The minimum atomic E-state index is -8.71. The number of alkyl halides is 17. The molecule has 0 aliphatic rings. The highest BCUT2D eigenvalue weighted by Crippen LogP contribution is 2.64. The fourth-order valence-electron chi connectivity index (χ4n) is 3.17. The van der Waals surface area contributed by atoms with Crippen molar-refractivity contribution in [2.75, 3.05) is 11.7 Å². The molecule has 0 aromatic heterocycles. The number of hydrogen-bond acceptors (Lipinski definition) is 4. The maximum atomic E-state index is 14.2. The Labute approximate surface area is 247 Å². The van der Waals surface area contributed by atoms with Crippen LogP contribution in [0.2, 0.25) is 0 Å². The van der Waals surface area contributed by atoms with E-state index < -0.39 is 84.6 Å². The number of carbonyl (C=O) groups is 2. The van der Waals surface area contributed by atoms with Gasteiger partial charge in [0.05, 0.1) is 12.3 Å². The molecular weight excluding hydrogens is 689 g/mol. The summed E-state index contributed by atoms with van der Waals surface area (Å²) in [5.41, 5.74) is -1.52. The number of ether oxygens (including phenoxy) is 1. The number of carbonyl (C=O) groups excluding carboxylic acids is 2. The fourth-order valence-corrected chi connectivity index (χ4v) is 3.17. The number of halogens is 17. The second-order valence-electron chi connectivity index (χ2n) is 10.5. The van der Waals surface area contributed by atoms with E-state index in [0.717, 1.165) is 31.2 Å². The molecule has 1 aromatic rings. The van der Waals surface area contributed by atoms with Crippen molar-refractivity contribution in [3.05, 3.63) is 29.8 Å². The number of anilines is 1. The first-order chi connectivity index (χ1) is 20.1. The molecule has 0 unspecified atom stereocenters. The maximum Gasteiger partial charge on any atom is 0.460 e. The van der Waals surface area contributed by atoms with Crippen molar-refractivity contribution in [2.45, 2.75) is 93.8 Å². The molecule has 0 radical (unpaired) electrons. The SMILES string of the molecule is CC(=O)c1ccc(N(OCCCC(F)(F)C(F)(F)C(F)(F)C(F)(F)C(F)(F)C(F)(F)C(F)(F)C(F)(F)F)C(=O)OC(C)(C)C)cc1. The van der Waals surface area contributed by atoms with Gasteiger partial charge in [-0.15, -0.1) is 0 Å². The zero-order valence-electron chi connectivity index (χ0n) is 23.4. The summed E-state index contributed by atoms with van der Waals surface area (Å²) >= 11 is 0. The highest BCUT2D eigenvalue weighted by molar-refractivity contribution is 5.95. The monoisotopic (exact) mass is 711 g/mol. The molecule has 0 saturated carbocycles. The summed E-state index contributed by atoms with van der Waals surface area (Å²) < 4.78 is 233. The number of Topliss-reactive ketones (excluding diaryl/α,β-unsaturated/α-hetero) is 1. The van der Waals surface area contributed by atoms with E-state index in [-0.39, 0.29) is 16.3 Å². The van der Waals surface area contributed by atoms with Crippen LogP contribution in [-0.2, 0) is 9.57 Å². The molecule has 22 heteroatoms. The van der Waals surface area contributed by atoms with Crippen LogP contribution in [0.1, 0.15) is 50.9 Å². The number of benzene rings is 1. The molecule has 0 aliphatic carbocycles. The first kappa shape index (κ1) is 41.0. The fraction of sp³-hybridized carbons (Fsp3) is 0.667. The van der Waals surface area contributed by atoms with Crippen LogP contribution in [0.15, 0.2) is 24.3 Å². The van der Waals surface area contributed by atoms with Gasteiger partial charge in [0.15, 0.2) is 5.78 Å². The molecule has 1 amide bonds. The van der Waals surface area contributed by atoms with Crippen molar-refractivity contribution in [1.82, 2.24) is 0 Å². The van der Waals surface area contributed by atoms with E-state index in [1.165, 1.54) is 20.8 Å². The minimum Gasteiger partial charge on any atom is -0.442 e. The normalized spacial score (nSPS) is 14.7. The number of amides is 1. The van der Waals surface area contributed by atoms with E-state index in [2.05, 4.69) is 0 Å². The molecule has 0 N–H and O–H groups in total. The molecule has 0 aliphatic heterocycles. The lowest BCUT2D eigenvalue weighted by atomic mass is 9.88. The molecular formula is C24H22F17NO4. The molecule has 46 heavy (non-hydrogen) atoms. The van der Waals surface area contributed by atoms with Crippen molar-refractivity contribution in [3.8, 4) is 0 Å². The van der Waals surface area contributed by atoms with Crippen LogP contribution < -0.4 is 5.06 Å². The molecule has 1 rings (SSSR count). The van der Waals surface area contributed by atoms with Gasteiger partial charge in [0, 0.05) is 12.0 Å². The number of hydrogen-bond donors (Lipinski definition) is 0. The third kappa shape index (κ3) is 7.24. The Morgan fingerprint density at radius 3 is 1.39 bits per heavy atom. The first-order valence-corrected chi connectivity index (χ1v) is 12.1. The van der Waals surface area contributed by atoms with Gasteiger partial charge in [0.2, 0.25) is 0 Å². The van der Waals surface area contributed by atoms with Crippen LogP contribution in [0.3, 0.4) is 0 Å². The van der Waals surface area contributed by atoms with E-state index in [1.54, 1.807) is 0 Å². The quantitative estimate of drug-likeness (QED) is 0.0886. The molecule has 1 aromatic carbocycles. The van der Waals surface area contributed by atoms with E-state index in [0.29, 0.717) is 0 Å². The van der Waals surface area contributed by atoms with Gasteiger partial charge < -0.3 is 4.74 Å². The van der Waals surface area contributed by atoms with Crippen LogP contribution in [0.25, 0.3) is 0 Å². The highest BCUT2D eigenvalue weighted by Gasteiger charge is 2.95. The Balaban J connectivity index is 3.31. The zero-order valence-corrected chi connectivity index (χ0v) is 23.4. The van der Waals surface area contributed by atoms with Crippen molar-refractivity contribution in [1.29, 1.82) is 0 Å².